The molecule has 1 aliphatic carbocycles. The normalized spacial score (nSPS) is 18.1. The number of rotatable bonds is 5. The molecule has 0 spiro atoms. The van der Waals surface area contributed by atoms with Gasteiger partial charge in [-0.3, -0.25) is 4.98 Å². The van der Waals surface area contributed by atoms with Crippen LogP contribution in [0.2, 0.25) is 0 Å². The molecule has 0 bridgehead atoms. The van der Waals surface area contributed by atoms with Crippen LogP contribution in [0, 0.1) is 5.92 Å². The summed E-state index contributed by atoms with van der Waals surface area (Å²) in [7, 11) is 0. The van der Waals surface area contributed by atoms with Crippen molar-refractivity contribution in [3.05, 3.63) is 30.1 Å². The summed E-state index contributed by atoms with van der Waals surface area (Å²) in [5.41, 5.74) is 1.14. The maximum atomic E-state index is 4.33. The summed E-state index contributed by atoms with van der Waals surface area (Å²) in [6, 6.07) is 6.46. The van der Waals surface area contributed by atoms with Crippen LogP contribution < -0.4 is 5.32 Å². The highest BCUT2D eigenvalue weighted by atomic mass is 14.9. The van der Waals surface area contributed by atoms with Crippen molar-refractivity contribution in [1.82, 2.24) is 10.3 Å². The number of nitrogens with zero attached hydrogens (tertiary/aromatic N) is 1. The average Bonchev–Trinajstić information content (AvgIpc) is 3.03. The Kier molecular flexibility index (Phi) is 3.14. The fraction of sp³-hybridized carbons (Fsp3) is 0.583. The summed E-state index contributed by atoms with van der Waals surface area (Å²) < 4.78 is 0. The molecule has 1 N–H and O–H groups in total. The van der Waals surface area contributed by atoms with Crippen molar-refractivity contribution in [2.45, 2.75) is 32.2 Å². The summed E-state index contributed by atoms with van der Waals surface area (Å²) in [5, 5.41) is 3.51. The van der Waals surface area contributed by atoms with Gasteiger partial charge in [-0.25, -0.2) is 0 Å². The molecule has 2 heteroatoms. The van der Waals surface area contributed by atoms with E-state index in [1.54, 1.807) is 0 Å². The molecule has 2 nitrogen and oxygen atoms in total. The Morgan fingerprint density at radius 1 is 1.50 bits per heavy atom. The van der Waals surface area contributed by atoms with Gasteiger partial charge in [0.25, 0.3) is 0 Å². The van der Waals surface area contributed by atoms with E-state index in [0.29, 0.717) is 6.04 Å². The Morgan fingerprint density at radius 3 is 3.00 bits per heavy atom. The van der Waals surface area contributed by atoms with Crippen molar-refractivity contribution in [2.24, 2.45) is 5.92 Å². The van der Waals surface area contributed by atoms with Crippen LogP contribution in [0.15, 0.2) is 24.4 Å². The second-order valence-electron chi connectivity index (χ2n) is 4.16. The molecule has 0 aliphatic heterocycles. The van der Waals surface area contributed by atoms with Crippen molar-refractivity contribution in [3.63, 3.8) is 0 Å². The van der Waals surface area contributed by atoms with E-state index in [4.69, 9.17) is 0 Å². The largest absolute Gasteiger partial charge is 0.309 e. The molecule has 0 amide bonds. The zero-order valence-electron chi connectivity index (χ0n) is 8.74. The van der Waals surface area contributed by atoms with E-state index >= 15 is 0 Å². The molecule has 1 aromatic heterocycles. The van der Waals surface area contributed by atoms with Crippen molar-refractivity contribution >= 4 is 0 Å². The van der Waals surface area contributed by atoms with E-state index in [1.165, 1.54) is 19.3 Å². The molecule has 1 unspecified atom stereocenters. The Bertz CT molecular complexity index is 267. The summed E-state index contributed by atoms with van der Waals surface area (Å²) in [6.07, 6.45) is 6.07. The minimum Gasteiger partial charge on any atom is -0.309 e. The molecule has 0 saturated heterocycles. The maximum Gasteiger partial charge on any atom is 0.0570 e. The molecule has 1 aliphatic rings. The standard InChI is InChI=1S/C12H18N2/c1-10(12-4-2-3-8-14-12)13-9-7-11-5-6-11/h2-4,8,10-11,13H,5-7,9H2,1H3. The van der Waals surface area contributed by atoms with Crippen LogP contribution in [-0.2, 0) is 0 Å². The lowest BCUT2D eigenvalue weighted by Gasteiger charge is -2.12. The van der Waals surface area contributed by atoms with E-state index in [2.05, 4.69) is 23.3 Å². The van der Waals surface area contributed by atoms with E-state index in [0.717, 1.165) is 18.2 Å². The van der Waals surface area contributed by atoms with Gasteiger partial charge >= 0.3 is 0 Å². The molecule has 2 rings (SSSR count). The van der Waals surface area contributed by atoms with E-state index < -0.39 is 0 Å². The van der Waals surface area contributed by atoms with Gasteiger partial charge in [0.15, 0.2) is 0 Å². The van der Waals surface area contributed by atoms with Gasteiger partial charge in [0.1, 0.15) is 0 Å². The SMILES string of the molecule is CC(NCCC1CC1)c1ccccn1. The number of pyridine rings is 1. The lowest BCUT2D eigenvalue weighted by atomic mass is 10.2. The number of hydrogen-bond donors (Lipinski definition) is 1. The third kappa shape index (κ3) is 2.81. The molecule has 1 fully saturated rings. The average molecular weight is 190 g/mol. The zero-order chi connectivity index (χ0) is 9.80. The van der Waals surface area contributed by atoms with Gasteiger partial charge in [0.2, 0.25) is 0 Å². The summed E-state index contributed by atoms with van der Waals surface area (Å²) >= 11 is 0. The Hall–Kier alpha value is -0.890. The lowest BCUT2D eigenvalue weighted by Crippen LogP contribution is -2.20. The quantitative estimate of drug-likeness (QED) is 0.771. The van der Waals surface area contributed by atoms with Gasteiger partial charge in [-0.2, -0.15) is 0 Å². The number of hydrogen-bond acceptors (Lipinski definition) is 2. The van der Waals surface area contributed by atoms with Gasteiger partial charge in [0, 0.05) is 12.2 Å². The molecule has 0 radical (unpaired) electrons. The molecular formula is C12H18N2. The van der Waals surface area contributed by atoms with Crippen molar-refractivity contribution in [2.75, 3.05) is 6.54 Å². The van der Waals surface area contributed by atoms with Gasteiger partial charge in [-0.1, -0.05) is 18.9 Å². The van der Waals surface area contributed by atoms with Gasteiger partial charge in [-0.15, -0.1) is 0 Å². The Balaban J connectivity index is 1.74. The smallest absolute Gasteiger partial charge is 0.0570 e. The first-order valence-electron chi connectivity index (χ1n) is 5.50. The molecule has 1 atom stereocenters. The molecule has 76 valence electrons. The molecule has 1 aromatic rings. The molecule has 0 aromatic carbocycles. The Morgan fingerprint density at radius 2 is 2.36 bits per heavy atom. The van der Waals surface area contributed by atoms with Crippen LogP contribution in [0.1, 0.15) is 37.9 Å². The topological polar surface area (TPSA) is 24.9 Å². The maximum absolute atomic E-state index is 4.33. The fourth-order valence-electron chi connectivity index (χ4n) is 1.65. The minimum atomic E-state index is 0.384. The van der Waals surface area contributed by atoms with E-state index in [9.17, 15) is 0 Å². The van der Waals surface area contributed by atoms with Crippen LogP contribution in [0.25, 0.3) is 0 Å². The summed E-state index contributed by atoms with van der Waals surface area (Å²) in [5.74, 6) is 1.01. The Labute approximate surface area is 85.7 Å². The zero-order valence-corrected chi connectivity index (χ0v) is 8.74. The van der Waals surface area contributed by atoms with Crippen molar-refractivity contribution in [3.8, 4) is 0 Å². The highest BCUT2D eigenvalue weighted by Crippen LogP contribution is 2.31. The lowest BCUT2D eigenvalue weighted by molar-refractivity contribution is 0.530. The third-order valence-corrected chi connectivity index (χ3v) is 2.83. The summed E-state index contributed by atoms with van der Waals surface area (Å²) in [4.78, 5) is 4.33. The van der Waals surface area contributed by atoms with Gasteiger partial charge < -0.3 is 5.32 Å². The highest BCUT2D eigenvalue weighted by molar-refractivity contribution is 5.07. The first-order chi connectivity index (χ1) is 6.86. The number of aromatic nitrogens is 1. The monoisotopic (exact) mass is 190 g/mol. The highest BCUT2D eigenvalue weighted by Gasteiger charge is 2.20. The molecule has 1 heterocycles. The van der Waals surface area contributed by atoms with Crippen molar-refractivity contribution in [1.29, 1.82) is 0 Å². The van der Waals surface area contributed by atoms with E-state index in [1.807, 2.05) is 18.3 Å². The first kappa shape index (κ1) is 9.66. The van der Waals surface area contributed by atoms with Crippen LogP contribution in [0.5, 0.6) is 0 Å². The fourth-order valence-corrected chi connectivity index (χ4v) is 1.65. The van der Waals surface area contributed by atoms with Crippen LogP contribution in [0.4, 0.5) is 0 Å². The van der Waals surface area contributed by atoms with Crippen LogP contribution in [0.3, 0.4) is 0 Å². The number of nitrogens with one attached hydrogen (secondary N) is 1. The first-order valence-corrected chi connectivity index (χ1v) is 5.50. The van der Waals surface area contributed by atoms with Crippen molar-refractivity contribution < 1.29 is 0 Å². The van der Waals surface area contributed by atoms with Crippen LogP contribution >= 0.6 is 0 Å². The third-order valence-electron chi connectivity index (χ3n) is 2.83. The second kappa shape index (κ2) is 4.56. The second-order valence-corrected chi connectivity index (χ2v) is 4.16. The predicted molar refractivity (Wildman–Crippen MR) is 58.0 cm³/mol. The minimum absolute atomic E-state index is 0.384. The van der Waals surface area contributed by atoms with Crippen LogP contribution in [-0.4, -0.2) is 11.5 Å². The molecular weight excluding hydrogens is 172 g/mol. The summed E-state index contributed by atoms with van der Waals surface area (Å²) in [6.45, 7) is 3.30. The van der Waals surface area contributed by atoms with Gasteiger partial charge in [0.05, 0.1) is 5.69 Å². The predicted octanol–water partition coefficient (Wildman–Crippen LogP) is 2.53. The van der Waals surface area contributed by atoms with Gasteiger partial charge in [-0.05, 0) is 37.9 Å². The molecule has 14 heavy (non-hydrogen) atoms. The van der Waals surface area contributed by atoms with E-state index in [-0.39, 0.29) is 0 Å². The molecule has 1 saturated carbocycles.